The van der Waals surface area contributed by atoms with E-state index in [0.29, 0.717) is 24.2 Å². The predicted molar refractivity (Wildman–Crippen MR) is 113 cm³/mol. The topological polar surface area (TPSA) is 86.8 Å². The van der Waals surface area contributed by atoms with E-state index in [9.17, 15) is 18.0 Å². The Bertz CT molecular complexity index is 1020. The van der Waals surface area contributed by atoms with Gasteiger partial charge in [-0.2, -0.15) is 4.31 Å². The number of carbonyl (C=O) groups excluding carboxylic acids is 2. The van der Waals surface area contributed by atoms with Gasteiger partial charge in [0.25, 0.3) is 0 Å². The molecular weight excluding hydrogens is 390 g/mol. The lowest BCUT2D eigenvalue weighted by atomic mass is 10.1. The molecule has 0 bridgehead atoms. The number of nitrogens with zero attached hydrogens (tertiary/aromatic N) is 2. The third-order valence-electron chi connectivity index (χ3n) is 5.09. The van der Waals surface area contributed by atoms with Crippen LogP contribution in [0.2, 0.25) is 0 Å². The molecule has 2 aromatic carbocycles. The van der Waals surface area contributed by atoms with E-state index in [-0.39, 0.29) is 5.91 Å². The number of nitrogens with one attached hydrogen (secondary N) is 1. The molecule has 1 saturated heterocycles. The number of amides is 2. The Labute approximate surface area is 171 Å². The first-order valence-electron chi connectivity index (χ1n) is 9.38. The van der Waals surface area contributed by atoms with Crippen molar-refractivity contribution < 1.29 is 18.0 Å². The Morgan fingerprint density at radius 2 is 1.86 bits per heavy atom. The molecule has 1 aliphatic rings. The van der Waals surface area contributed by atoms with Gasteiger partial charge in [0.1, 0.15) is 6.04 Å². The van der Waals surface area contributed by atoms with Crippen molar-refractivity contribution in [3.05, 3.63) is 59.7 Å². The molecule has 8 heteroatoms. The summed E-state index contributed by atoms with van der Waals surface area (Å²) < 4.78 is 25.3. The minimum Gasteiger partial charge on any atom is -0.324 e. The fourth-order valence-corrected chi connectivity index (χ4v) is 4.05. The summed E-state index contributed by atoms with van der Waals surface area (Å²) in [6, 6.07) is 13.1. The van der Waals surface area contributed by atoms with Crippen LogP contribution in [-0.2, 0) is 19.6 Å². The first-order chi connectivity index (χ1) is 13.7. The monoisotopic (exact) mass is 415 g/mol. The average Bonchev–Trinajstić information content (AvgIpc) is 3.09. The Kier molecular flexibility index (Phi) is 6.04. The molecule has 1 heterocycles. The summed E-state index contributed by atoms with van der Waals surface area (Å²) >= 11 is 0. The molecule has 154 valence electrons. The van der Waals surface area contributed by atoms with Crippen LogP contribution in [0.25, 0.3) is 0 Å². The lowest BCUT2D eigenvalue weighted by molar-refractivity contribution is -0.119. The third-order valence-corrected chi connectivity index (χ3v) is 6.35. The normalized spacial score (nSPS) is 15.6. The summed E-state index contributed by atoms with van der Waals surface area (Å²) in [6.07, 6.45) is 2.40. The van der Waals surface area contributed by atoms with Gasteiger partial charge in [-0.15, -0.1) is 0 Å². The van der Waals surface area contributed by atoms with E-state index in [1.165, 1.54) is 7.05 Å². The molecule has 0 radical (unpaired) electrons. The molecule has 3 rings (SSSR count). The van der Waals surface area contributed by atoms with E-state index in [1.807, 2.05) is 13.0 Å². The number of rotatable bonds is 6. The second kappa shape index (κ2) is 8.34. The largest absolute Gasteiger partial charge is 0.324 e. The summed E-state index contributed by atoms with van der Waals surface area (Å²) in [6.45, 7) is 2.57. The van der Waals surface area contributed by atoms with Crippen LogP contribution in [0.5, 0.6) is 0 Å². The van der Waals surface area contributed by atoms with Gasteiger partial charge in [-0.05, 0) is 36.6 Å². The number of aryl methyl sites for hydroxylation is 1. The van der Waals surface area contributed by atoms with Crippen molar-refractivity contribution in [2.45, 2.75) is 25.8 Å². The van der Waals surface area contributed by atoms with Crippen LogP contribution >= 0.6 is 0 Å². The van der Waals surface area contributed by atoms with Crippen molar-refractivity contribution in [3.8, 4) is 0 Å². The predicted octanol–water partition coefficient (Wildman–Crippen LogP) is 2.69. The lowest BCUT2D eigenvalue weighted by Crippen LogP contribution is -2.38. The van der Waals surface area contributed by atoms with Gasteiger partial charge < -0.3 is 10.2 Å². The van der Waals surface area contributed by atoms with Crippen LogP contribution in [0.3, 0.4) is 0 Å². The van der Waals surface area contributed by atoms with Crippen molar-refractivity contribution in [3.63, 3.8) is 0 Å². The number of hydrogen-bond acceptors (Lipinski definition) is 4. The SMILES string of the molecule is Cc1ccc(NC(=O)C(c2ccccc2)N(C)S(C)(=O)=O)cc1N1CCCC1=O. The van der Waals surface area contributed by atoms with Crippen molar-refractivity contribution >= 4 is 33.2 Å². The molecule has 1 aliphatic heterocycles. The molecule has 0 spiro atoms. The highest BCUT2D eigenvalue weighted by molar-refractivity contribution is 7.88. The lowest BCUT2D eigenvalue weighted by Gasteiger charge is -2.26. The minimum atomic E-state index is -3.60. The van der Waals surface area contributed by atoms with E-state index in [2.05, 4.69) is 5.32 Å². The molecule has 1 fully saturated rings. The molecule has 7 nitrogen and oxygen atoms in total. The van der Waals surface area contributed by atoms with Gasteiger partial charge in [0.2, 0.25) is 21.8 Å². The highest BCUT2D eigenvalue weighted by atomic mass is 32.2. The molecule has 1 unspecified atom stereocenters. The molecule has 0 aromatic heterocycles. The van der Waals surface area contributed by atoms with E-state index in [0.717, 1.165) is 28.2 Å². The number of anilines is 2. The van der Waals surface area contributed by atoms with Gasteiger partial charge >= 0.3 is 0 Å². The fraction of sp³-hybridized carbons (Fsp3) is 0.333. The van der Waals surface area contributed by atoms with Crippen LogP contribution in [0, 0.1) is 6.92 Å². The number of benzene rings is 2. The summed E-state index contributed by atoms with van der Waals surface area (Å²) in [5.41, 5.74) is 2.78. The highest BCUT2D eigenvalue weighted by Crippen LogP contribution is 2.29. The van der Waals surface area contributed by atoms with Gasteiger partial charge in [-0.1, -0.05) is 36.4 Å². The Morgan fingerprint density at radius 3 is 2.45 bits per heavy atom. The minimum absolute atomic E-state index is 0.0653. The van der Waals surface area contributed by atoms with Gasteiger partial charge in [0.15, 0.2) is 0 Å². The molecule has 1 atom stereocenters. The van der Waals surface area contributed by atoms with Crippen LogP contribution in [0.15, 0.2) is 48.5 Å². The van der Waals surface area contributed by atoms with Crippen LogP contribution in [-0.4, -0.2) is 44.4 Å². The highest BCUT2D eigenvalue weighted by Gasteiger charge is 2.31. The summed E-state index contributed by atoms with van der Waals surface area (Å²) in [7, 11) is -2.22. The molecule has 0 aliphatic carbocycles. The first-order valence-corrected chi connectivity index (χ1v) is 11.2. The first kappa shape index (κ1) is 21.0. The Balaban J connectivity index is 1.91. The summed E-state index contributed by atoms with van der Waals surface area (Å²) in [5.74, 6) is -0.401. The van der Waals surface area contributed by atoms with Crippen LogP contribution in [0.4, 0.5) is 11.4 Å². The smallest absolute Gasteiger partial charge is 0.247 e. The van der Waals surface area contributed by atoms with Gasteiger partial charge in [-0.3, -0.25) is 9.59 Å². The zero-order chi connectivity index (χ0) is 21.2. The maximum atomic E-state index is 13.1. The number of hydrogen-bond donors (Lipinski definition) is 1. The zero-order valence-electron chi connectivity index (χ0n) is 16.8. The number of carbonyl (C=O) groups is 2. The van der Waals surface area contributed by atoms with Crippen LogP contribution < -0.4 is 10.2 Å². The number of sulfonamides is 1. The maximum absolute atomic E-state index is 13.1. The van der Waals surface area contributed by atoms with Crippen LogP contribution in [0.1, 0.15) is 30.0 Å². The molecule has 29 heavy (non-hydrogen) atoms. The molecular formula is C21H25N3O4S. The van der Waals surface area contributed by atoms with Gasteiger partial charge in [-0.25, -0.2) is 8.42 Å². The van der Waals surface area contributed by atoms with Crippen molar-refractivity contribution in [2.24, 2.45) is 0 Å². The molecule has 2 aromatic rings. The number of likely N-dealkylation sites (N-methyl/N-ethyl adjacent to an activating group) is 1. The van der Waals surface area contributed by atoms with E-state index in [1.54, 1.807) is 47.4 Å². The molecule has 2 amide bonds. The zero-order valence-corrected chi connectivity index (χ0v) is 17.6. The summed E-state index contributed by atoms with van der Waals surface area (Å²) in [5, 5.41) is 2.82. The Morgan fingerprint density at radius 1 is 1.17 bits per heavy atom. The molecule has 1 N–H and O–H groups in total. The van der Waals surface area contributed by atoms with E-state index < -0.39 is 22.0 Å². The second-order valence-electron chi connectivity index (χ2n) is 7.23. The Hall–Kier alpha value is -2.71. The van der Waals surface area contributed by atoms with Crippen molar-refractivity contribution in [1.82, 2.24) is 4.31 Å². The van der Waals surface area contributed by atoms with Gasteiger partial charge in [0, 0.05) is 31.4 Å². The van der Waals surface area contributed by atoms with Crippen molar-refractivity contribution in [2.75, 3.05) is 30.1 Å². The molecule has 0 saturated carbocycles. The van der Waals surface area contributed by atoms with Crippen molar-refractivity contribution in [1.29, 1.82) is 0 Å². The summed E-state index contributed by atoms with van der Waals surface area (Å²) in [4.78, 5) is 26.9. The van der Waals surface area contributed by atoms with Gasteiger partial charge in [0.05, 0.1) is 6.26 Å². The van der Waals surface area contributed by atoms with E-state index >= 15 is 0 Å². The standard InChI is InChI=1S/C21H25N3O4S/c1-15-11-12-17(14-18(15)24-13-7-10-19(24)25)22-21(26)20(23(2)29(3,27)28)16-8-5-4-6-9-16/h4-6,8-9,11-12,14,20H,7,10,13H2,1-3H3,(H,22,26). The van der Waals surface area contributed by atoms with E-state index in [4.69, 9.17) is 0 Å². The fourth-order valence-electron chi connectivity index (χ4n) is 3.44. The second-order valence-corrected chi connectivity index (χ2v) is 9.27. The maximum Gasteiger partial charge on any atom is 0.247 e. The average molecular weight is 416 g/mol. The third kappa shape index (κ3) is 4.65. The quantitative estimate of drug-likeness (QED) is 0.786.